The molecule has 0 spiro atoms. The second-order valence-electron chi connectivity index (χ2n) is 9.76. The molecule has 1 saturated heterocycles. The molecule has 186 valence electrons. The van der Waals surface area contributed by atoms with Gasteiger partial charge in [-0.25, -0.2) is 4.79 Å². The molecule has 2 aromatic carbocycles. The largest absolute Gasteiger partial charge is 0.493 e. The van der Waals surface area contributed by atoms with Crippen LogP contribution in [0.15, 0.2) is 45.6 Å². The highest BCUT2D eigenvalue weighted by atomic mass is 35.5. The zero-order valence-electron chi connectivity index (χ0n) is 20.8. The van der Waals surface area contributed by atoms with Crippen molar-refractivity contribution >= 4 is 34.7 Å². The number of amides is 1. The van der Waals surface area contributed by atoms with Crippen molar-refractivity contribution in [1.82, 2.24) is 9.47 Å². The number of fused-ring (bicyclic) bond motifs is 1. The number of rotatable bonds is 5. The van der Waals surface area contributed by atoms with Crippen LogP contribution in [0.1, 0.15) is 50.8 Å². The summed E-state index contributed by atoms with van der Waals surface area (Å²) in [6.07, 6.45) is 4.54. The van der Waals surface area contributed by atoms with Gasteiger partial charge in [-0.3, -0.25) is 9.36 Å². The first-order chi connectivity index (χ1) is 16.6. The fraction of sp³-hybridized carbons (Fsp3) is 0.407. The maximum Gasteiger partial charge on any atom is 0.420 e. The third-order valence-corrected chi connectivity index (χ3v) is 6.93. The Morgan fingerprint density at radius 3 is 2.46 bits per heavy atom. The normalized spacial score (nSPS) is 15.2. The van der Waals surface area contributed by atoms with Crippen LogP contribution in [-0.4, -0.2) is 42.7 Å². The Bertz CT molecular complexity index is 1320. The molecule has 8 heteroatoms. The lowest BCUT2D eigenvalue weighted by atomic mass is 9.87. The molecule has 4 rings (SSSR count). The van der Waals surface area contributed by atoms with Crippen LogP contribution in [0.5, 0.6) is 11.5 Å². The van der Waals surface area contributed by atoms with Gasteiger partial charge in [0.2, 0.25) is 5.91 Å². The van der Waals surface area contributed by atoms with Crippen LogP contribution in [0.4, 0.5) is 0 Å². The van der Waals surface area contributed by atoms with Gasteiger partial charge < -0.3 is 18.8 Å². The number of carbonyl (C=O) groups is 1. The van der Waals surface area contributed by atoms with Gasteiger partial charge in [-0.2, -0.15) is 0 Å². The smallest absolute Gasteiger partial charge is 0.420 e. The number of oxazole rings is 1. The van der Waals surface area contributed by atoms with Crippen LogP contribution in [0.25, 0.3) is 17.2 Å². The molecule has 1 aliphatic heterocycles. The average molecular weight is 499 g/mol. The monoisotopic (exact) mass is 498 g/mol. The molecule has 3 aromatic rings. The van der Waals surface area contributed by atoms with E-state index in [1.807, 2.05) is 18.2 Å². The average Bonchev–Trinajstić information content (AvgIpc) is 3.17. The molecular formula is C27H31ClN2O5. The Hall–Kier alpha value is -3.19. The third-order valence-electron chi connectivity index (χ3n) is 6.54. The summed E-state index contributed by atoms with van der Waals surface area (Å²) in [6.45, 7) is 7.52. The lowest BCUT2D eigenvalue weighted by molar-refractivity contribution is -0.127. The number of benzene rings is 2. The predicted molar refractivity (Wildman–Crippen MR) is 138 cm³/mol. The van der Waals surface area contributed by atoms with E-state index in [0.29, 0.717) is 53.6 Å². The van der Waals surface area contributed by atoms with Crippen molar-refractivity contribution in [2.75, 3.05) is 27.3 Å². The maximum atomic E-state index is 12.8. The molecule has 0 bridgehead atoms. The van der Waals surface area contributed by atoms with E-state index in [9.17, 15) is 9.59 Å². The zero-order valence-corrected chi connectivity index (χ0v) is 21.5. The zero-order chi connectivity index (χ0) is 25.3. The molecule has 1 aromatic heterocycles. The minimum absolute atomic E-state index is 0.0210. The van der Waals surface area contributed by atoms with Crippen LogP contribution >= 0.6 is 11.6 Å². The van der Waals surface area contributed by atoms with Gasteiger partial charge >= 0.3 is 5.76 Å². The van der Waals surface area contributed by atoms with Gasteiger partial charge in [0.25, 0.3) is 0 Å². The van der Waals surface area contributed by atoms with E-state index in [0.717, 1.165) is 11.1 Å². The van der Waals surface area contributed by atoms with Crippen molar-refractivity contribution in [2.24, 2.45) is 0 Å². The molecule has 1 fully saturated rings. The number of halogens is 1. The summed E-state index contributed by atoms with van der Waals surface area (Å²) in [5, 5.41) is 0.385. The number of likely N-dealkylation sites (tertiary alicyclic amines) is 1. The molecule has 1 amide bonds. The summed E-state index contributed by atoms with van der Waals surface area (Å²) in [4.78, 5) is 27.3. The standard InChI is InChI=1S/C27H31ClN2O5/c1-27(2,3)18-8-10-21-20(16-18)30(26(32)35-21)19-12-14-29(15-13-19)23(31)11-7-17-6-9-22(33-4)25(34-5)24(17)28/h6-11,16,19H,12-15H2,1-5H3. The molecular weight excluding hydrogens is 468 g/mol. The Balaban J connectivity index is 1.48. The molecule has 35 heavy (non-hydrogen) atoms. The number of ether oxygens (including phenoxy) is 2. The summed E-state index contributed by atoms with van der Waals surface area (Å²) < 4.78 is 17.8. The van der Waals surface area contributed by atoms with Gasteiger partial charge in [0.1, 0.15) is 0 Å². The second kappa shape index (κ2) is 9.82. The highest BCUT2D eigenvalue weighted by Gasteiger charge is 2.27. The number of nitrogens with zero attached hydrogens (tertiary/aromatic N) is 2. The van der Waals surface area contributed by atoms with Crippen LogP contribution in [0, 0.1) is 0 Å². The molecule has 0 N–H and O–H groups in total. The molecule has 0 radical (unpaired) electrons. The topological polar surface area (TPSA) is 73.9 Å². The Kier molecular flexibility index (Phi) is 6.99. The summed E-state index contributed by atoms with van der Waals surface area (Å²) in [7, 11) is 3.06. The van der Waals surface area contributed by atoms with Crippen molar-refractivity contribution in [3.05, 3.63) is 63.1 Å². The number of carbonyl (C=O) groups excluding carboxylic acids is 1. The van der Waals surface area contributed by atoms with Crippen molar-refractivity contribution in [3.8, 4) is 11.5 Å². The third kappa shape index (κ3) is 4.96. The van der Waals surface area contributed by atoms with E-state index < -0.39 is 0 Å². The Labute approximate surface area is 209 Å². The van der Waals surface area contributed by atoms with Gasteiger partial charge in [-0.05, 0) is 59.7 Å². The molecule has 7 nitrogen and oxygen atoms in total. The van der Waals surface area contributed by atoms with Crippen molar-refractivity contribution in [1.29, 1.82) is 0 Å². The first-order valence-corrected chi connectivity index (χ1v) is 12.0. The Morgan fingerprint density at radius 1 is 1.11 bits per heavy atom. The van der Waals surface area contributed by atoms with Gasteiger partial charge in [0.15, 0.2) is 17.1 Å². The summed E-state index contributed by atoms with van der Waals surface area (Å²) >= 11 is 6.42. The lowest BCUT2D eigenvalue weighted by Gasteiger charge is -2.31. The van der Waals surface area contributed by atoms with E-state index in [4.69, 9.17) is 25.5 Å². The minimum atomic E-state index is -0.348. The number of hydrogen-bond acceptors (Lipinski definition) is 5. The van der Waals surface area contributed by atoms with Crippen molar-refractivity contribution in [3.63, 3.8) is 0 Å². The van der Waals surface area contributed by atoms with Gasteiger partial charge in [0.05, 0.1) is 24.8 Å². The molecule has 0 unspecified atom stereocenters. The van der Waals surface area contributed by atoms with Crippen LogP contribution in [0.3, 0.4) is 0 Å². The van der Waals surface area contributed by atoms with E-state index in [2.05, 4.69) is 20.8 Å². The highest BCUT2D eigenvalue weighted by Crippen LogP contribution is 2.38. The second-order valence-corrected chi connectivity index (χ2v) is 10.1. The van der Waals surface area contributed by atoms with Gasteiger partial charge in [-0.1, -0.05) is 38.4 Å². The first-order valence-electron chi connectivity index (χ1n) is 11.7. The number of methoxy groups -OCH3 is 2. The fourth-order valence-corrected chi connectivity index (χ4v) is 4.79. The van der Waals surface area contributed by atoms with Crippen LogP contribution < -0.4 is 15.2 Å². The van der Waals surface area contributed by atoms with Gasteiger partial charge in [-0.15, -0.1) is 0 Å². The van der Waals surface area contributed by atoms with Crippen LogP contribution in [0.2, 0.25) is 5.02 Å². The van der Waals surface area contributed by atoms with Crippen LogP contribution in [-0.2, 0) is 10.2 Å². The molecule has 1 aliphatic rings. The number of piperidine rings is 1. The predicted octanol–water partition coefficient (Wildman–Crippen LogP) is 5.44. The molecule has 0 atom stereocenters. The van der Waals surface area contributed by atoms with E-state index in [1.54, 1.807) is 34.8 Å². The molecule has 2 heterocycles. The van der Waals surface area contributed by atoms with E-state index in [-0.39, 0.29) is 23.1 Å². The molecule has 0 saturated carbocycles. The summed E-state index contributed by atoms with van der Waals surface area (Å²) in [5.41, 5.74) is 3.18. The fourth-order valence-electron chi connectivity index (χ4n) is 4.49. The number of hydrogen-bond donors (Lipinski definition) is 0. The van der Waals surface area contributed by atoms with E-state index in [1.165, 1.54) is 13.2 Å². The van der Waals surface area contributed by atoms with E-state index >= 15 is 0 Å². The highest BCUT2D eigenvalue weighted by molar-refractivity contribution is 6.33. The SMILES string of the molecule is COc1ccc(C=CC(=O)N2CCC(n3c(=O)oc4ccc(C(C)(C)C)cc43)CC2)c(Cl)c1OC. The van der Waals surface area contributed by atoms with Crippen molar-refractivity contribution in [2.45, 2.75) is 45.1 Å². The molecule has 0 aliphatic carbocycles. The first kappa shape index (κ1) is 24.9. The Morgan fingerprint density at radius 2 is 1.83 bits per heavy atom. The maximum absolute atomic E-state index is 12.8. The number of aromatic nitrogens is 1. The lowest BCUT2D eigenvalue weighted by Crippen LogP contribution is -2.39. The quantitative estimate of drug-likeness (QED) is 0.438. The summed E-state index contributed by atoms with van der Waals surface area (Å²) in [6, 6.07) is 9.44. The minimum Gasteiger partial charge on any atom is -0.493 e. The summed E-state index contributed by atoms with van der Waals surface area (Å²) in [5.74, 6) is 0.504. The van der Waals surface area contributed by atoms with Crippen molar-refractivity contribution < 1.29 is 18.7 Å². The van der Waals surface area contributed by atoms with Gasteiger partial charge in [0, 0.05) is 25.2 Å².